The normalized spacial score (nSPS) is 18.6. The van der Waals surface area contributed by atoms with E-state index in [-0.39, 0.29) is 31.6 Å². The highest BCUT2D eigenvalue weighted by Gasteiger charge is 2.31. The number of carboxylic acid groups (broad SMARTS) is 1. The zero-order chi connectivity index (χ0) is 24.1. The van der Waals surface area contributed by atoms with Crippen LogP contribution in [0.5, 0.6) is 0 Å². The molecule has 0 saturated carbocycles. The number of amides is 2. The quantitative estimate of drug-likeness (QED) is 0.518. The van der Waals surface area contributed by atoms with Crippen molar-refractivity contribution >= 4 is 18.0 Å². The number of carbonyl (C=O) groups excluding carboxylic acids is 2. The first kappa shape index (κ1) is 23.5. The van der Waals surface area contributed by atoms with E-state index in [9.17, 15) is 14.4 Å². The van der Waals surface area contributed by atoms with Crippen molar-refractivity contribution in [1.82, 2.24) is 10.2 Å². The molecule has 2 amide bonds. The second kappa shape index (κ2) is 10.5. The van der Waals surface area contributed by atoms with Crippen LogP contribution in [0.1, 0.15) is 29.9 Å². The molecule has 0 radical (unpaired) electrons. The molecule has 178 valence electrons. The Hall–Kier alpha value is -3.65. The minimum Gasteiger partial charge on any atom is -0.480 e. The second-order valence-corrected chi connectivity index (χ2v) is 8.55. The minimum atomic E-state index is -1.14. The van der Waals surface area contributed by atoms with Gasteiger partial charge in [-0.15, -0.1) is 0 Å². The van der Waals surface area contributed by atoms with E-state index in [1.54, 1.807) is 6.08 Å². The van der Waals surface area contributed by atoms with E-state index >= 15 is 0 Å². The summed E-state index contributed by atoms with van der Waals surface area (Å²) in [5.41, 5.74) is 4.55. The van der Waals surface area contributed by atoms with Gasteiger partial charge in [-0.1, -0.05) is 60.7 Å². The highest BCUT2D eigenvalue weighted by molar-refractivity contribution is 5.83. The molecule has 0 heterocycles. The van der Waals surface area contributed by atoms with Gasteiger partial charge in [0.15, 0.2) is 0 Å². The topological polar surface area (TPSA) is 116 Å². The van der Waals surface area contributed by atoms with Crippen molar-refractivity contribution in [3.63, 3.8) is 0 Å². The maximum atomic E-state index is 12.8. The molecule has 2 atom stereocenters. The monoisotopic (exact) mass is 464 g/mol. The average Bonchev–Trinajstić information content (AvgIpc) is 3.16. The number of fused-ring (bicyclic) bond motifs is 3. The fourth-order valence-electron chi connectivity index (χ4n) is 4.80. The van der Waals surface area contributed by atoms with Crippen LogP contribution >= 0.6 is 0 Å². The number of aliphatic hydroxyl groups is 1. The molecule has 2 aliphatic carbocycles. The molecular formula is C26H28N2O6. The Kier molecular flexibility index (Phi) is 7.27. The first-order valence-electron chi connectivity index (χ1n) is 11.4. The summed E-state index contributed by atoms with van der Waals surface area (Å²) in [6, 6.07) is 15.8. The molecule has 3 N–H and O–H groups in total. The predicted octanol–water partition coefficient (Wildman–Crippen LogP) is 2.77. The number of alkyl carbamates (subject to hydrolysis) is 1. The number of benzene rings is 2. The molecule has 0 aromatic heterocycles. The Balaban J connectivity index is 1.35. The smallest absolute Gasteiger partial charge is 0.407 e. The van der Waals surface area contributed by atoms with E-state index in [4.69, 9.17) is 14.9 Å². The summed E-state index contributed by atoms with van der Waals surface area (Å²) in [5, 5.41) is 21.0. The number of nitrogens with zero attached hydrogens (tertiary/aromatic N) is 1. The summed E-state index contributed by atoms with van der Waals surface area (Å²) < 4.78 is 5.59. The number of ether oxygens (including phenoxy) is 1. The van der Waals surface area contributed by atoms with Crippen molar-refractivity contribution in [3.05, 3.63) is 71.8 Å². The van der Waals surface area contributed by atoms with E-state index in [1.165, 1.54) is 0 Å². The molecule has 8 heteroatoms. The van der Waals surface area contributed by atoms with Crippen LogP contribution in [-0.4, -0.2) is 65.4 Å². The van der Waals surface area contributed by atoms with Gasteiger partial charge in [0.25, 0.3) is 0 Å². The van der Waals surface area contributed by atoms with Gasteiger partial charge < -0.3 is 25.2 Å². The number of rotatable bonds is 8. The number of hydrogen-bond acceptors (Lipinski definition) is 5. The molecule has 2 aromatic rings. The van der Waals surface area contributed by atoms with E-state index < -0.39 is 30.6 Å². The molecule has 0 spiro atoms. The Morgan fingerprint density at radius 3 is 2.29 bits per heavy atom. The lowest BCUT2D eigenvalue weighted by atomic mass is 9.90. The molecule has 0 aliphatic heterocycles. The second-order valence-electron chi connectivity index (χ2n) is 8.55. The highest BCUT2D eigenvalue weighted by atomic mass is 16.5. The number of nitrogens with one attached hydrogen (secondary N) is 1. The Labute approximate surface area is 197 Å². The number of allylic oxidation sites excluding steroid dienone is 1. The lowest BCUT2D eigenvalue weighted by Gasteiger charge is -2.29. The fraction of sp³-hybridized carbons (Fsp3) is 0.346. The van der Waals surface area contributed by atoms with Crippen LogP contribution in [0.4, 0.5) is 4.79 Å². The summed E-state index contributed by atoms with van der Waals surface area (Å²) in [6.45, 7) is -0.634. The Bertz CT molecular complexity index is 1050. The number of aliphatic carboxylic acids is 1. The van der Waals surface area contributed by atoms with Crippen LogP contribution in [0.3, 0.4) is 0 Å². The fourth-order valence-corrected chi connectivity index (χ4v) is 4.80. The van der Waals surface area contributed by atoms with E-state index in [0.29, 0.717) is 12.8 Å². The number of carboxylic acids is 1. The van der Waals surface area contributed by atoms with Gasteiger partial charge in [-0.3, -0.25) is 9.59 Å². The third kappa shape index (κ3) is 5.12. The summed E-state index contributed by atoms with van der Waals surface area (Å²) in [5.74, 6) is -2.01. The molecule has 0 saturated heterocycles. The standard InChI is InChI=1S/C26H28N2O6/c29-13-12-28(15-24(30)31)25(32)17-6-5-7-18(14-17)27-26(33)34-16-23-21-10-3-1-8-19(21)20-9-2-4-11-22(20)23/h1-5,7-11,17-18,23,29H,6,12-16H2,(H,27,33)(H,30,31). The highest BCUT2D eigenvalue weighted by Crippen LogP contribution is 2.44. The lowest BCUT2D eigenvalue weighted by molar-refractivity contribution is -0.146. The summed E-state index contributed by atoms with van der Waals surface area (Å²) >= 11 is 0. The van der Waals surface area contributed by atoms with E-state index in [0.717, 1.165) is 27.2 Å². The van der Waals surface area contributed by atoms with Crippen LogP contribution in [0.25, 0.3) is 11.1 Å². The molecule has 34 heavy (non-hydrogen) atoms. The maximum Gasteiger partial charge on any atom is 0.407 e. The van der Waals surface area contributed by atoms with Gasteiger partial charge in [-0.2, -0.15) is 0 Å². The zero-order valence-electron chi connectivity index (χ0n) is 18.7. The summed E-state index contributed by atoms with van der Waals surface area (Å²) in [4.78, 5) is 37.5. The number of carbonyl (C=O) groups is 3. The van der Waals surface area contributed by atoms with Crippen molar-refractivity contribution < 1.29 is 29.3 Å². The molecule has 2 aliphatic rings. The van der Waals surface area contributed by atoms with Crippen molar-refractivity contribution in [3.8, 4) is 11.1 Å². The Morgan fingerprint density at radius 1 is 1.03 bits per heavy atom. The Morgan fingerprint density at radius 2 is 1.68 bits per heavy atom. The van der Waals surface area contributed by atoms with Crippen molar-refractivity contribution in [2.75, 3.05) is 26.3 Å². The van der Waals surface area contributed by atoms with Gasteiger partial charge in [-0.25, -0.2) is 4.79 Å². The SMILES string of the molecule is O=C(O)CN(CCO)C(=O)C1CC=CC(NC(=O)OCC2c3ccccc3-c3ccccc32)C1. The first-order valence-corrected chi connectivity index (χ1v) is 11.4. The van der Waals surface area contributed by atoms with Crippen LogP contribution < -0.4 is 5.32 Å². The van der Waals surface area contributed by atoms with Gasteiger partial charge in [0.2, 0.25) is 5.91 Å². The molecule has 4 rings (SSSR count). The van der Waals surface area contributed by atoms with Crippen LogP contribution in [0.15, 0.2) is 60.7 Å². The van der Waals surface area contributed by atoms with E-state index in [1.807, 2.05) is 30.3 Å². The molecule has 0 fully saturated rings. The molecule has 0 bridgehead atoms. The summed E-state index contributed by atoms with van der Waals surface area (Å²) in [7, 11) is 0. The first-order chi connectivity index (χ1) is 16.5. The third-order valence-electron chi connectivity index (χ3n) is 6.33. The van der Waals surface area contributed by atoms with Crippen LogP contribution in [0, 0.1) is 5.92 Å². The van der Waals surface area contributed by atoms with Crippen molar-refractivity contribution in [1.29, 1.82) is 0 Å². The van der Waals surface area contributed by atoms with Gasteiger partial charge in [0.1, 0.15) is 13.2 Å². The molecule has 8 nitrogen and oxygen atoms in total. The maximum absolute atomic E-state index is 12.8. The van der Waals surface area contributed by atoms with Gasteiger partial charge >= 0.3 is 12.1 Å². The predicted molar refractivity (Wildman–Crippen MR) is 125 cm³/mol. The molecule has 2 unspecified atom stereocenters. The van der Waals surface area contributed by atoms with Crippen molar-refractivity contribution in [2.24, 2.45) is 5.92 Å². The lowest BCUT2D eigenvalue weighted by Crippen LogP contribution is -2.45. The van der Waals surface area contributed by atoms with E-state index in [2.05, 4.69) is 29.6 Å². The molecular weight excluding hydrogens is 436 g/mol. The third-order valence-corrected chi connectivity index (χ3v) is 6.33. The minimum absolute atomic E-state index is 0.0440. The summed E-state index contributed by atoms with van der Waals surface area (Å²) in [6.07, 6.45) is 3.84. The van der Waals surface area contributed by atoms with Gasteiger partial charge in [-0.05, 0) is 35.1 Å². The van der Waals surface area contributed by atoms with Gasteiger partial charge in [0.05, 0.1) is 12.6 Å². The van der Waals surface area contributed by atoms with Crippen LogP contribution in [0.2, 0.25) is 0 Å². The zero-order valence-corrected chi connectivity index (χ0v) is 18.7. The number of hydrogen-bond donors (Lipinski definition) is 3. The number of aliphatic hydroxyl groups excluding tert-OH is 1. The van der Waals surface area contributed by atoms with Crippen molar-refractivity contribution in [2.45, 2.75) is 24.8 Å². The van der Waals surface area contributed by atoms with Gasteiger partial charge in [0, 0.05) is 18.4 Å². The van der Waals surface area contributed by atoms with Crippen LogP contribution in [-0.2, 0) is 14.3 Å². The molecule has 2 aromatic carbocycles. The largest absolute Gasteiger partial charge is 0.480 e. The average molecular weight is 465 g/mol.